The molecule has 1 aromatic heterocycles. The summed E-state index contributed by atoms with van der Waals surface area (Å²) in [7, 11) is 1.58. The van der Waals surface area contributed by atoms with Gasteiger partial charge in [0.1, 0.15) is 17.6 Å². The molecule has 0 bridgehead atoms. The van der Waals surface area contributed by atoms with Crippen LogP contribution in [0.15, 0.2) is 22.7 Å². The lowest BCUT2D eigenvalue weighted by atomic mass is 9.88. The van der Waals surface area contributed by atoms with Crippen LogP contribution in [0.2, 0.25) is 0 Å². The molecule has 2 aromatic rings. The van der Waals surface area contributed by atoms with Crippen molar-refractivity contribution in [2.75, 3.05) is 7.11 Å². The number of nitrogens with zero attached hydrogens (tertiary/aromatic N) is 2. The Morgan fingerprint density at radius 2 is 1.95 bits per heavy atom. The highest BCUT2D eigenvalue weighted by molar-refractivity contribution is 5.64. The van der Waals surface area contributed by atoms with E-state index < -0.39 is 0 Å². The van der Waals surface area contributed by atoms with Crippen LogP contribution in [-0.4, -0.2) is 27.5 Å². The predicted octanol–water partition coefficient (Wildman–Crippen LogP) is 2.88. The maximum absolute atomic E-state index is 9.78. The standard InChI is InChI=1S/C14H18N2O4/c1-14(2,3)11(19-4)12-15-13(20-16-12)9-7-8(17)5-6-10(9)18/h5-7,11,17-18H,1-4H3. The number of benzene rings is 1. The molecule has 1 heterocycles. The summed E-state index contributed by atoms with van der Waals surface area (Å²) in [4.78, 5) is 4.25. The molecule has 0 aliphatic rings. The van der Waals surface area contributed by atoms with E-state index in [1.165, 1.54) is 18.2 Å². The average molecular weight is 278 g/mol. The first-order chi connectivity index (χ1) is 9.32. The maximum Gasteiger partial charge on any atom is 0.261 e. The van der Waals surface area contributed by atoms with Crippen molar-refractivity contribution in [2.24, 2.45) is 5.41 Å². The molecule has 6 nitrogen and oxygen atoms in total. The summed E-state index contributed by atoms with van der Waals surface area (Å²) < 4.78 is 10.6. The summed E-state index contributed by atoms with van der Waals surface area (Å²) in [6.45, 7) is 6.01. The molecule has 108 valence electrons. The van der Waals surface area contributed by atoms with Gasteiger partial charge in [-0.05, 0) is 23.6 Å². The molecule has 0 aliphatic heterocycles. The van der Waals surface area contributed by atoms with E-state index in [-0.39, 0.29) is 34.5 Å². The fraction of sp³-hybridized carbons (Fsp3) is 0.429. The fourth-order valence-electron chi connectivity index (χ4n) is 1.99. The molecule has 20 heavy (non-hydrogen) atoms. The van der Waals surface area contributed by atoms with E-state index in [4.69, 9.17) is 9.26 Å². The largest absolute Gasteiger partial charge is 0.508 e. The molecule has 6 heteroatoms. The molecule has 0 saturated heterocycles. The van der Waals surface area contributed by atoms with Gasteiger partial charge < -0.3 is 19.5 Å². The minimum Gasteiger partial charge on any atom is -0.508 e. The van der Waals surface area contributed by atoms with Gasteiger partial charge in [-0.1, -0.05) is 25.9 Å². The lowest BCUT2D eigenvalue weighted by Crippen LogP contribution is -2.21. The van der Waals surface area contributed by atoms with Crippen molar-refractivity contribution in [1.82, 2.24) is 10.1 Å². The van der Waals surface area contributed by atoms with Crippen molar-refractivity contribution >= 4 is 0 Å². The van der Waals surface area contributed by atoms with Crippen LogP contribution in [-0.2, 0) is 4.74 Å². The minimum absolute atomic E-state index is 0.0108. The van der Waals surface area contributed by atoms with Crippen LogP contribution in [0.4, 0.5) is 0 Å². The van der Waals surface area contributed by atoms with Crippen LogP contribution < -0.4 is 0 Å². The number of hydrogen-bond donors (Lipinski definition) is 2. The summed E-state index contributed by atoms with van der Waals surface area (Å²) >= 11 is 0. The molecule has 0 aliphatic carbocycles. The number of aromatic hydroxyl groups is 2. The predicted molar refractivity (Wildman–Crippen MR) is 72.3 cm³/mol. The molecule has 0 saturated carbocycles. The number of methoxy groups -OCH3 is 1. The van der Waals surface area contributed by atoms with Crippen LogP contribution in [0.25, 0.3) is 11.5 Å². The molecule has 2 rings (SSSR count). The monoisotopic (exact) mass is 278 g/mol. The van der Waals surface area contributed by atoms with Crippen molar-refractivity contribution in [2.45, 2.75) is 26.9 Å². The molecule has 0 radical (unpaired) electrons. The topological polar surface area (TPSA) is 88.6 Å². The Labute approximate surface area is 117 Å². The number of hydrogen-bond acceptors (Lipinski definition) is 6. The third kappa shape index (κ3) is 2.75. The van der Waals surface area contributed by atoms with E-state index in [0.717, 1.165) is 0 Å². The van der Waals surface area contributed by atoms with Gasteiger partial charge in [-0.3, -0.25) is 0 Å². The van der Waals surface area contributed by atoms with E-state index in [1.54, 1.807) is 7.11 Å². The summed E-state index contributed by atoms with van der Waals surface area (Å²) in [5.74, 6) is 0.511. The highest BCUT2D eigenvalue weighted by atomic mass is 16.5. The Bertz CT molecular complexity index is 601. The van der Waals surface area contributed by atoms with Gasteiger partial charge in [0.25, 0.3) is 5.89 Å². The lowest BCUT2D eigenvalue weighted by Gasteiger charge is -2.26. The van der Waals surface area contributed by atoms with Crippen LogP contribution in [0.3, 0.4) is 0 Å². The zero-order valence-corrected chi connectivity index (χ0v) is 11.9. The number of ether oxygens (including phenoxy) is 1. The van der Waals surface area contributed by atoms with Gasteiger partial charge in [0, 0.05) is 7.11 Å². The van der Waals surface area contributed by atoms with Crippen molar-refractivity contribution in [3.63, 3.8) is 0 Å². The number of rotatable bonds is 3. The summed E-state index contributed by atoms with van der Waals surface area (Å²) in [6.07, 6.45) is -0.334. The van der Waals surface area contributed by atoms with Gasteiger partial charge in [0.05, 0.1) is 5.56 Å². The van der Waals surface area contributed by atoms with Crippen molar-refractivity contribution in [3.8, 4) is 23.0 Å². The van der Waals surface area contributed by atoms with Crippen molar-refractivity contribution in [3.05, 3.63) is 24.0 Å². The Balaban J connectivity index is 2.40. The van der Waals surface area contributed by atoms with Gasteiger partial charge in [0.2, 0.25) is 5.82 Å². The number of phenolic OH excluding ortho intramolecular Hbond substituents is 2. The van der Waals surface area contributed by atoms with E-state index in [0.29, 0.717) is 5.82 Å². The molecular weight excluding hydrogens is 260 g/mol. The number of phenols is 2. The second-order valence-corrected chi connectivity index (χ2v) is 5.64. The SMILES string of the molecule is COC(c1noc(-c2cc(O)ccc2O)n1)C(C)(C)C. The van der Waals surface area contributed by atoms with Gasteiger partial charge >= 0.3 is 0 Å². The average Bonchev–Trinajstić information content (AvgIpc) is 2.80. The smallest absolute Gasteiger partial charge is 0.261 e. The molecule has 1 aromatic carbocycles. The molecule has 0 spiro atoms. The van der Waals surface area contributed by atoms with Crippen LogP contribution in [0.1, 0.15) is 32.7 Å². The summed E-state index contributed by atoms with van der Waals surface area (Å²) in [5, 5.41) is 23.1. The van der Waals surface area contributed by atoms with Crippen LogP contribution in [0, 0.1) is 5.41 Å². The van der Waals surface area contributed by atoms with E-state index in [1.807, 2.05) is 20.8 Å². The second-order valence-electron chi connectivity index (χ2n) is 5.64. The molecule has 2 N–H and O–H groups in total. The molecule has 0 fully saturated rings. The Morgan fingerprint density at radius 1 is 1.25 bits per heavy atom. The first-order valence-corrected chi connectivity index (χ1v) is 6.21. The van der Waals surface area contributed by atoms with E-state index in [2.05, 4.69) is 10.1 Å². The Hall–Kier alpha value is -2.08. The Morgan fingerprint density at radius 3 is 2.55 bits per heavy atom. The van der Waals surface area contributed by atoms with Crippen molar-refractivity contribution in [1.29, 1.82) is 0 Å². The summed E-state index contributed by atoms with van der Waals surface area (Å²) in [6, 6.07) is 4.11. The highest BCUT2D eigenvalue weighted by Gasteiger charge is 2.31. The van der Waals surface area contributed by atoms with Gasteiger partial charge in [-0.25, -0.2) is 0 Å². The van der Waals surface area contributed by atoms with Crippen molar-refractivity contribution < 1.29 is 19.5 Å². The zero-order valence-electron chi connectivity index (χ0n) is 11.9. The number of aromatic nitrogens is 2. The van der Waals surface area contributed by atoms with Crippen LogP contribution in [0.5, 0.6) is 11.5 Å². The molecule has 1 unspecified atom stereocenters. The highest BCUT2D eigenvalue weighted by Crippen LogP contribution is 2.36. The quantitative estimate of drug-likeness (QED) is 0.839. The first-order valence-electron chi connectivity index (χ1n) is 6.21. The third-order valence-corrected chi connectivity index (χ3v) is 2.91. The Kier molecular flexibility index (Phi) is 3.67. The minimum atomic E-state index is -0.334. The zero-order chi connectivity index (χ0) is 14.9. The third-order valence-electron chi connectivity index (χ3n) is 2.91. The summed E-state index contributed by atoms with van der Waals surface area (Å²) in [5.41, 5.74) is 0.0871. The molecule has 1 atom stereocenters. The van der Waals surface area contributed by atoms with Crippen LogP contribution >= 0.6 is 0 Å². The molecule has 0 amide bonds. The van der Waals surface area contributed by atoms with Gasteiger partial charge in [0.15, 0.2) is 0 Å². The van der Waals surface area contributed by atoms with E-state index >= 15 is 0 Å². The normalized spacial score (nSPS) is 13.4. The lowest BCUT2D eigenvalue weighted by molar-refractivity contribution is 0.00718. The first kappa shape index (κ1) is 14.3. The van der Waals surface area contributed by atoms with E-state index in [9.17, 15) is 10.2 Å². The molecular formula is C14H18N2O4. The fourth-order valence-corrected chi connectivity index (χ4v) is 1.99. The van der Waals surface area contributed by atoms with Gasteiger partial charge in [-0.15, -0.1) is 0 Å². The second kappa shape index (κ2) is 5.13. The maximum atomic E-state index is 9.78. The van der Waals surface area contributed by atoms with Gasteiger partial charge in [-0.2, -0.15) is 4.98 Å².